The average molecular weight is 297 g/mol. The summed E-state index contributed by atoms with van der Waals surface area (Å²) in [5, 5.41) is 0.597. The fourth-order valence-corrected chi connectivity index (χ4v) is 2.53. The Kier molecular flexibility index (Phi) is 3.52. The van der Waals surface area contributed by atoms with Gasteiger partial charge in [-0.1, -0.05) is 35.9 Å². The standard InChI is InChI=1S/C13H9BrClO/c1-16-13-11(14)7-10(8-12(13)15)9-5-3-2-4-6-9/h3-8H,1H3. The molecule has 0 bridgehead atoms. The maximum Gasteiger partial charge on any atom is 0.151 e. The van der Waals surface area contributed by atoms with Gasteiger partial charge in [-0.15, -0.1) is 0 Å². The molecular weight excluding hydrogens is 287 g/mol. The van der Waals surface area contributed by atoms with Gasteiger partial charge in [0.05, 0.1) is 16.6 Å². The van der Waals surface area contributed by atoms with Gasteiger partial charge in [-0.25, -0.2) is 0 Å². The van der Waals surface area contributed by atoms with E-state index in [1.807, 2.05) is 36.4 Å². The van der Waals surface area contributed by atoms with Crippen LogP contribution in [0.25, 0.3) is 11.1 Å². The van der Waals surface area contributed by atoms with E-state index in [1.165, 1.54) is 0 Å². The van der Waals surface area contributed by atoms with Gasteiger partial charge < -0.3 is 4.74 Å². The summed E-state index contributed by atoms with van der Waals surface area (Å²) in [6, 6.07) is 14.6. The molecular formula is C13H9BrClO. The van der Waals surface area contributed by atoms with Gasteiger partial charge in [-0.3, -0.25) is 0 Å². The first-order chi connectivity index (χ1) is 7.72. The van der Waals surface area contributed by atoms with Gasteiger partial charge in [0.25, 0.3) is 0 Å². The molecule has 2 rings (SSSR count). The molecule has 0 unspecified atom stereocenters. The van der Waals surface area contributed by atoms with Crippen molar-refractivity contribution in [2.45, 2.75) is 0 Å². The molecule has 1 radical (unpaired) electrons. The van der Waals surface area contributed by atoms with Crippen molar-refractivity contribution in [2.24, 2.45) is 0 Å². The Hall–Kier alpha value is -0.990. The fraction of sp³-hybridized carbons (Fsp3) is 0.0769. The summed E-state index contributed by atoms with van der Waals surface area (Å²) in [5.41, 5.74) is 2.15. The Morgan fingerprint density at radius 3 is 2.44 bits per heavy atom. The Morgan fingerprint density at radius 1 is 1.19 bits per heavy atom. The number of hydrogen-bond acceptors (Lipinski definition) is 1. The van der Waals surface area contributed by atoms with Crippen molar-refractivity contribution in [3.8, 4) is 16.9 Å². The first-order valence-corrected chi connectivity index (χ1v) is 5.89. The minimum Gasteiger partial charge on any atom is -0.494 e. The highest BCUT2D eigenvalue weighted by Crippen LogP contribution is 2.37. The zero-order chi connectivity index (χ0) is 11.5. The van der Waals surface area contributed by atoms with Crippen LogP contribution in [-0.4, -0.2) is 7.11 Å². The van der Waals surface area contributed by atoms with Gasteiger partial charge in [0.1, 0.15) is 0 Å². The first-order valence-electron chi connectivity index (χ1n) is 4.72. The Bertz CT molecular complexity index is 474. The Balaban J connectivity index is 2.53. The highest BCUT2D eigenvalue weighted by Gasteiger charge is 2.08. The van der Waals surface area contributed by atoms with Crippen molar-refractivity contribution in [2.75, 3.05) is 7.11 Å². The lowest BCUT2D eigenvalue weighted by Crippen LogP contribution is -1.87. The van der Waals surface area contributed by atoms with Gasteiger partial charge in [0.15, 0.2) is 5.75 Å². The van der Waals surface area contributed by atoms with Crippen LogP contribution in [0.3, 0.4) is 0 Å². The predicted molar refractivity (Wildman–Crippen MR) is 70.0 cm³/mol. The number of rotatable bonds is 2. The molecule has 1 nitrogen and oxygen atoms in total. The molecule has 0 spiro atoms. The number of ether oxygens (including phenoxy) is 1. The SMILES string of the molecule is COc1c(Cl)cc(-c2cc[c]cc2)cc1Br. The molecule has 0 amide bonds. The van der Waals surface area contributed by atoms with E-state index in [-0.39, 0.29) is 0 Å². The highest BCUT2D eigenvalue weighted by molar-refractivity contribution is 9.10. The molecule has 2 aromatic rings. The minimum atomic E-state index is 0.597. The summed E-state index contributed by atoms with van der Waals surface area (Å²) in [5.74, 6) is 0.660. The second-order valence-corrected chi connectivity index (χ2v) is 4.52. The van der Waals surface area contributed by atoms with Gasteiger partial charge in [0.2, 0.25) is 0 Å². The molecule has 0 fully saturated rings. The van der Waals surface area contributed by atoms with Crippen molar-refractivity contribution >= 4 is 27.5 Å². The predicted octanol–water partition coefficient (Wildman–Crippen LogP) is 4.58. The topological polar surface area (TPSA) is 9.23 Å². The first kappa shape index (κ1) is 11.5. The van der Waals surface area contributed by atoms with Crippen LogP contribution in [-0.2, 0) is 0 Å². The smallest absolute Gasteiger partial charge is 0.151 e. The van der Waals surface area contributed by atoms with E-state index in [4.69, 9.17) is 16.3 Å². The van der Waals surface area contributed by atoms with Crippen LogP contribution in [0.1, 0.15) is 0 Å². The molecule has 0 aliphatic heterocycles. The summed E-state index contributed by atoms with van der Waals surface area (Å²) in [4.78, 5) is 0. The van der Waals surface area contributed by atoms with Crippen molar-refractivity contribution in [1.82, 2.24) is 0 Å². The van der Waals surface area contributed by atoms with E-state index in [9.17, 15) is 0 Å². The van der Waals surface area contributed by atoms with Crippen LogP contribution < -0.4 is 4.74 Å². The number of methoxy groups -OCH3 is 1. The molecule has 0 saturated carbocycles. The second kappa shape index (κ2) is 4.89. The van der Waals surface area contributed by atoms with Gasteiger partial charge in [-0.05, 0) is 45.3 Å². The van der Waals surface area contributed by atoms with Crippen molar-refractivity contribution in [3.05, 3.63) is 52.0 Å². The normalized spacial score (nSPS) is 10.2. The maximum absolute atomic E-state index is 6.12. The maximum atomic E-state index is 6.12. The molecule has 0 atom stereocenters. The molecule has 81 valence electrons. The summed E-state index contributed by atoms with van der Waals surface area (Å²) >= 11 is 9.56. The summed E-state index contributed by atoms with van der Waals surface area (Å²) in [6.07, 6.45) is 0. The van der Waals surface area contributed by atoms with Crippen LogP contribution in [0.2, 0.25) is 5.02 Å². The molecule has 0 N–H and O–H groups in total. The quantitative estimate of drug-likeness (QED) is 0.788. The van der Waals surface area contributed by atoms with Crippen LogP contribution in [0, 0.1) is 6.07 Å². The van der Waals surface area contributed by atoms with E-state index in [0.717, 1.165) is 15.6 Å². The molecule has 16 heavy (non-hydrogen) atoms. The van der Waals surface area contributed by atoms with Crippen LogP contribution in [0.4, 0.5) is 0 Å². The number of halogens is 2. The fourth-order valence-electron chi connectivity index (χ4n) is 1.50. The summed E-state index contributed by atoms with van der Waals surface area (Å²) < 4.78 is 6.03. The van der Waals surface area contributed by atoms with Crippen molar-refractivity contribution in [1.29, 1.82) is 0 Å². The van der Waals surface area contributed by atoms with E-state index >= 15 is 0 Å². The lowest BCUT2D eigenvalue weighted by molar-refractivity contribution is 0.412. The Morgan fingerprint density at radius 2 is 1.88 bits per heavy atom. The minimum absolute atomic E-state index is 0.597. The molecule has 0 saturated heterocycles. The number of benzene rings is 2. The van der Waals surface area contributed by atoms with Crippen molar-refractivity contribution in [3.63, 3.8) is 0 Å². The molecule has 0 heterocycles. The van der Waals surface area contributed by atoms with Crippen LogP contribution >= 0.6 is 27.5 Å². The third-order valence-corrected chi connectivity index (χ3v) is 3.12. The third kappa shape index (κ3) is 2.23. The second-order valence-electron chi connectivity index (χ2n) is 3.26. The Labute approximate surface area is 108 Å². The van der Waals surface area contributed by atoms with Crippen molar-refractivity contribution < 1.29 is 4.74 Å². The highest BCUT2D eigenvalue weighted by atomic mass is 79.9. The van der Waals surface area contributed by atoms with Crippen LogP contribution in [0.5, 0.6) is 5.75 Å². The average Bonchev–Trinajstić information content (AvgIpc) is 2.30. The van der Waals surface area contributed by atoms with E-state index in [0.29, 0.717) is 10.8 Å². The van der Waals surface area contributed by atoms with E-state index in [1.54, 1.807) is 7.11 Å². The zero-order valence-electron chi connectivity index (χ0n) is 8.63. The van der Waals surface area contributed by atoms with Gasteiger partial charge in [0, 0.05) is 0 Å². The largest absolute Gasteiger partial charge is 0.494 e. The molecule has 0 aliphatic carbocycles. The summed E-state index contributed by atoms with van der Waals surface area (Å²) in [7, 11) is 1.60. The van der Waals surface area contributed by atoms with E-state index < -0.39 is 0 Å². The monoisotopic (exact) mass is 295 g/mol. The molecule has 3 heteroatoms. The summed E-state index contributed by atoms with van der Waals surface area (Å²) in [6.45, 7) is 0. The third-order valence-electron chi connectivity index (χ3n) is 2.25. The number of hydrogen-bond donors (Lipinski definition) is 0. The molecule has 0 aliphatic rings. The van der Waals surface area contributed by atoms with E-state index in [2.05, 4.69) is 22.0 Å². The molecule has 0 aromatic heterocycles. The van der Waals surface area contributed by atoms with Gasteiger partial charge in [-0.2, -0.15) is 0 Å². The molecule has 2 aromatic carbocycles. The lowest BCUT2D eigenvalue weighted by Gasteiger charge is -2.09. The van der Waals surface area contributed by atoms with Crippen LogP contribution in [0.15, 0.2) is 40.9 Å². The lowest BCUT2D eigenvalue weighted by atomic mass is 10.1. The zero-order valence-corrected chi connectivity index (χ0v) is 11.0. The van der Waals surface area contributed by atoms with Gasteiger partial charge >= 0.3 is 0 Å².